The Morgan fingerprint density at radius 3 is 2.73 bits per heavy atom. The number of hydrogen-bond acceptors (Lipinski definition) is 2. The summed E-state index contributed by atoms with van der Waals surface area (Å²) in [5.74, 6) is -0.180. The fourth-order valence-electron chi connectivity index (χ4n) is 1.58. The first-order valence-electron chi connectivity index (χ1n) is 5.19. The number of ether oxygens (including phenoxy) is 1. The number of benzene rings is 1. The van der Waals surface area contributed by atoms with Crippen LogP contribution in [0.5, 0.6) is 0 Å². The number of rotatable bonds is 4. The van der Waals surface area contributed by atoms with Crippen LogP contribution in [0.15, 0.2) is 24.3 Å². The van der Waals surface area contributed by atoms with Crippen molar-refractivity contribution >= 4 is 5.97 Å². The van der Waals surface area contributed by atoms with E-state index in [4.69, 9.17) is 4.74 Å². The number of esters is 1. The second-order valence-electron chi connectivity index (χ2n) is 3.56. The van der Waals surface area contributed by atoms with E-state index in [0.29, 0.717) is 13.0 Å². The summed E-state index contributed by atoms with van der Waals surface area (Å²) in [5, 5.41) is 0. The van der Waals surface area contributed by atoms with Gasteiger partial charge in [-0.25, -0.2) is 0 Å². The van der Waals surface area contributed by atoms with Crippen LogP contribution in [0.25, 0.3) is 0 Å². The quantitative estimate of drug-likeness (QED) is 0.757. The van der Waals surface area contributed by atoms with Gasteiger partial charge in [-0.05, 0) is 19.4 Å². The third-order valence-corrected chi connectivity index (χ3v) is 2.35. The topological polar surface area (TPSA) is 53.9 Å². The van der Waals surface area contributed by atoms with Gasteiger partial charge in [-0.1, -0.05) is 24.3 Å². The molecule has 0 saturated carbocycles. The molecule has 0 bridgehead atoms. The Bertz CT molecular complexity index is 336. The average molecular weight is 208 g/mol. The van der Waals surface area contributed by atoms with Gasteiger partial charge in [0.15, 0.2) is 0 Å². The first-order chi connectivity index (χ1) is 7.15. The van der Waals surface area contributed by atoms with Gasteiger partial charge in [0.25, 0.3) is 0 Å². The van der Waals surface area contributed by atoms with Crippen LogP contribution in [0.1, 0.15) is 30.5 Å². The van der Waals surface area contributed by atoms with Gasteiger partial charge in [-0.2, -0.15) is 0 Å². The molecule has 15 heavy (non-hydrogen) atoms. The van der Waals surface area contributed by atoms with Gasteiger partial charge < -0.3 is 10.5 Å². The van der Waals surface area contributed by atoms with Crippen molar-refractivity contribution < 1.29 is 15.3 Å². The van der Waals surface area contributed by atoms with E-state index in [1.807, 2.05) is 38.1 Å². The van der Waals surface area contributed by atoms with E-state index in [9.17, 15) is 4.79 Å². The Labute approximate surface area is 90.2 Å². The van der Waals surface area contributed by atoms with E-state index >= 15 is 0 Å². The van der Waals surface area contributed by atoms with E-state index in [1.54, 1.807) is 0 Å². The normalized spacial score (nSPS) is 12.2. The monoisotopic (exact) mass is 208 g/mol. The van der Waals surface area contributed by atoms with Crippen LogP contribution in [0.4, 0.5) is 0 Å². The third kappa shape index (κ3) is 3.36. The zero-order valence-corrected chi connectivity index (χ0v) is 9.32. The molecule has 1 atom stereocenters. The number of carbonyl (C=O) groups excluding carboxylic acids is 1. The van der Waals surface area contributed by atoms with Gasteiger partial charge in [-0.15, -0.1) is 0 Å². The second kappa shape index (κ2) is 5.51. The van der Waals surface area contributed by atoms with Crippen LogP contribution in [0.3, 0.4) is 0 Å². The standard InChI is InChI=1S/C12H17NO2/c1-3-15-12(14)8-11(13)10-7-5-4-6-9(10)2/h4-7,11H,3,8,13H2,1-2H3/p+1/t11-/m1/s1. The first-order valence-corrected chi connectivity index (χ1v) is 5.19. The maximum Gasteiger partial charge on any atom is 0.312 e. The molecule has 1 aromatic carbocycles. The summed E-state index contributed by atoms with van der Waals surface area (Å²) in [4.78, 5) is 11.3. The zero-order chi connectivity index (χ0) is 11.3. The van der Waals surface area contributed by atoms with Gasteiger partial charge in [0.05, 0.1) is 6.61 Å². The smallest absolute Gasteiger partial charge is 0.312 e. The molecule has 0 radical (unpaired) electrons. The summed E-state index contributed by atoms with van der Waals surface area (Å²) in [6.07, 6.45) is 0.346. The van der Waals surface area contributed by atoms with Crippen LogP contribution in [0, 0.1) is 6.92 Å². The number of carbonyl (C=O) groups is 1. The molecule has 82 valence electrons. The highest BCUT2D eigenvalue weighted by Crippen LogP contribution is 2.16. The molecule has 3 N–H and O–H groups in total. The molecule has 0 aliphatic rings. The average Bonchev–Trinajstić information content (AvgIpc) is 2.18. The Morgan fingerprint density at radius 1 is 1.47 bits per heavy atom. The number of hydrogen-bond donors (Lipinski definition) is 1. The SMILES string of the molecule is CCOC(=O)C[C@@H]([NH3+])c1ccccc1C. The lowest BCUT2D eigenvalue weighted by Gasteiger charge is -2.10. The maximum atomic E-state index is 11.3. The van der Waals surface area contributed by atoms with Crippen molar-refractivity contribution in [3.63, 3.8) is 0 Å². The Hall–Kier alpha value is -1.35. The van der Waals surface area contributed by atoms with Crippen LogP contribution >= 0.6 is 0 Å². The third-order valence-electron chi connectivity index (χ3n) is 2.35. The first kappa shape index (κ1) is 11.7. The molecule has 0 spiro atoms. The van der Waals surface area contributed by atoms with Crippen LogP contribution in [-0.4, -0.2) is 12.6 Å². The fourth-order valence-corrected chi connectivity index (χ4v) is 1.58. The Balaban J connectivity index is 2.65. The maximum absolute atomic E-state index is 11.3. The summed E-state index contributed by atoms with van der Waals surface area (Å²) in [6, 6.07) is 7.96. The minimum atomic E-state index is -0.180. The molecule has 0 saturated heterocycles. The summed E-state index contributed by atoms with van der Waals surface area (Å²) in [6.45, 7) is 4.27. The molecule has 3 nitrogen and oxygen atoms in total. The van der Waals surface area contributed by atoms with Crippen molar-refractivity contribution in [2.24, 2.45) is 0 Å². The van der Waals surface area contributed by atoms with Gasteiger partial charge in [0, 0.05) is 5.56 Å². The Kier molecular flexibility index (Phi) is 4.31. The van der Waals surface area contributed by atoms with E-state index < -0.39 is 0 Å². The number of quaternary nitrogens is 1. The molecule has 3 heteroatoms. The molecular formula is C12H18NO2+. The van der Waals surface area contributed by atoms with Crippen LogP contribution < -0.4 is 5.73 Å². The van der Waals surface area contributed by atoms with E-state index in [0.717, 1.165) is 5.56 Å². The summed E-state index contributed by atoms with van der Waals surface area (Å²) in [7, 11) is 0. The summed E-state index contributed by atoms with van der Waals surface area (Å²) < 4.78 is 4.89. The van der Waals surface area contributed by atoms with E-state index in [1.165, 1.54) is 5.56 Å². The Morgan fingerprint density at radius 2 is 2.13 bits per heavy atom. The molecule has 0 unspecified atom stereocenters. The van der Waals surface area contributed by atoms with Crippen molar-refractivity contribution in [3.05, 3.63) is 35.4 Å². The molecule has 1 aromatic rings. The van der Waals surface area contributed by atoms with Gasteiger partial charge in [0.1, 0.15) is 12.5 Å². The molecule has 0 aliphatic heterocycles. The molecule has 1 rings (SSSR count). The molecule has 0 fully saturated rings. The fraction of sp³-hybridized carbons (Fsp3) is 0.417. The zero-order valence-electron chi connectivity index (χ0n) is 9.32. The summed E-state index contributed by atoms with van der Waals surface area (Å²) >= 11 is 0. The largest absolute Gasteiger partial charge is 0.466 e. The van der Waals surface area contributed by atoms with Crippen LogP contribution in [-0.2, 0) is 9.53 Å². The molecule has 0 aromatic heterocycles. The van der Waals surface area contributed by atoms with Gasteiger partial charge in [-0.3, -0.25) is 4.79 Å². The minimum absolute atomic E-state index is 0.0229. The molecule has 0 amide bonds. The van der Waals surface area contributed by atoms with E-state index in [-0.39, 0.29) is 12.0 Å². The highest BCUT2D eigenvalue weighted by atomic mass is 16.5. The lowest BCUT2D eigenvalue weighted by Crippen LogP contribution is -2.54. The van der Waals surface area contributed by atoms with Crippen molar-refractivity contribution in [3.8, 4) is 0 Å². The predicted octanol–water partition coefficient (Wildman–Crippen LogP) is 1.23. The predicted molar refractivity (Wildman–Crippen MR) is 58.1 cm³/mol. The van der Waals surface area contributed by atoms with Crippen molar-refractivity contribution in [2.75, 3.05) is 6.61 Å². The molecular weight excluding hydrogens is 190 g/mol. The van der Waals surface area contributed by atoms with Crippen molar-refractivity contribution in [2.45, 2.75) is 26.3 Å². The second-order valence-corrected chi connectivity index (χ2v) is 3.56. The highest BCUT2D eigenvalue weighted by molar-refractivity contribution is 5.70. The lowest BCUT2D eigenvalue weighted by atomic mass is 10.00. The summed E-state index contributed by atoms with van der Waals surface area (Å²) in [5.41, 5.74) is 6.28. The van der Waals surface area contributed by atoms with E-state index in [2.05, 4.69) is 5.73 Å². The van der Waals surface area contributed by atoms with Crippen molar-refractivity contribution in [1.29, 1.82) is 0 Å². The van der Waals surface area contributed by atoms with Gasteiger partial charge >= 0.3 is 5.97 Å². The lowest BCUT2D eigenvalue weighted by molar-refractivity contribution is -0.426. The minimum Gasteiger partial charge on any atom is -0.466 e. The molecule has 0 heterocycles. The van der Waals surface area contributed by atoms with Gasteiger partial charge in [0.2, 0.25) is 0 Å². The van der Waals surface area contributed by atoms with Crippen molar-refractivity contribution in [1.82, 2.24) is 0 Å². The number of aryl methyl sites for hydroxylation is 1. The highest BCUT2D eigenvalue weighted by Gasteiger charge is 2.16. The molecule has 0 aliphatic carbocycles. The van der Waals surface area contributed by atoms with Crippen LogP contribution in [0.2, 0.25) is 0 Å².